The van der Waals surface area contributed by atoms with Crippen molar-refractivity contribution in [3.63, 3.8) is 0 Å². The van der Waals surface area contributed by atoms with E-state index < -0.39 is 0 Å². The molecule has 124 valence electrons. The number of likely N-dealkylation sites (tertiary alicyclic amines) is 1. The normalized spacial score (nSPS) is 25.6. The minimum atomic E-state index is -0.339. The first-order chi connectivity index (χ1) is 10.6. The maximum absolute atomic E-state index is 11.7. The van der Waals surface area contributed by atoms with E-state index in [9.17, 15) is 14.4 Å². The Kier molecular flexibility index (Phi) is 7.08. The molecule has 0 radical (unpaired) electrons. The van der Waals surface area contributed by atoms with Crippen LogP contribution in [0.15, 0.2) is 0 Å². The zero-order valence-corrected chi connectivity index (χ0v) is 14.3. The summed E-state index contributed by atoms with van der Waals surface area (Å²) in [5.41, 5.74) is -0.339. The second-order valence-electron chi connectivity index (χ2n) is 5.18. The van der Waals surface area contributed by atoms with Crippen molar-refractivity contribution in [2.45, 2.75) is 30.2 Å². The van der Waals surface area contributed by atoms with E-state index in [0.717, 1.165) is 12.2 Å². The highest BCUT2D eigenvalue weighted by Gasteiger charge is 2.35. The fourth-order valence-electron chi connectivity index (χ4n) is 2.24. The van der Waals surface area contributed by atoms with Gasteiger partial charge in [0.2, 0.25) is 17.7 Å². The highest BCUT2D eigenvalue weighted by Crippen LogP contribution is 2.20. The fraction of sp³-hybridized carbons (Fsp3) is 0.769. The Labute approximate surface area is 136 Å². The van der Waals surface area contributed by atoms with Crippen LogP contribution in [0.5, 0.6) is 0 Å². The molecule has 2 fully saturated rings. The van der Waals surface area contributed by atoms with Gasteiger partial charge in [-0.3, -0.25) is 19.3 Å². The number of amides is 3. The SMILES string of the molecule is O=C(CCN1C(=O)CC(P)C1=O)NCCSC1CCOOC1. The Balaban J connectivity index is 1.56. The molecule has 0 saturated carbocycles. The molecule has 0 aromatic carbocycles. The third-order valence-electron chi connectivity index (χ3n) is 3.48. The number of nitrogens with one attached hydrogen (secondary N) is 1. The predicted molar refractivity (Wildman–Crippen MR) is 85.2 cm³/mol. The maximum Gasteiger partial charge on any atom is 0.236 e. The molecule has 0 aromatic heterocycles. The topological polar surface area (TPSA) is 84.9 Å². The molecule has 0 bridgehead atoms. The van der Waals surface area contributed by atoms with Crippen LogP contribution in [0.25, 0.3) is 0 Å². The lowest BCUT2D eigenvalue weighted by atomic mass is 10.3. The summed E-state index contributed by atoms with van der Waals surface area (Å²) in [6.45, 7) is 1.91. The highest BCUT2D eigenvalue weighted by atomic mass is 32.2. The van der Waals surface area contributed by atoms with E-state index in [2.05, 4.69) is 14.6 Å². The standard InChI is InChI=1S/C13H21N2O5PS/c16-11(1-4-15-12(17)7-10(21)13(15)18)14-3-6-22-9-2-5-19-20-8-9/h9-10H,1-8,21H2,(H,14,16). The minimum absolute atomic E-state index is 0.142. The van der Waals surface area contributed by atoms with Crippen LogP contribution in [0.2, 0.25) is 0 Å². The number of rotatable bonds is 7. The predicted octanol–water partition coefficient (Wildman–Crippen LogP) is -0.0510. The smallest absolute Gasteiger partial charge is 0.236 e. The van der Waals surface area contributed by atoms with Crippen molar-refractivity contribution < 1.29 is 24.2 Å². The lowest BCUT2D eigenvalue weighted by molar-refractivity contribution is -0.310. The quantitative estimate of drug-likeness (QED) is 0.301. The first-order valence-corrected chi connectivity index (χ1v) is 9.02. The van der Waals surface area contributed by atoms with E-state index in [1.165, 1.54) is 4.90 Å². The molecule has 9 heteroatoms. The van der Waals surface area contributed by atoms with E-state index >= 15 is 0 Å². The average Bonchev–Trinajstić information content (AvgIpc) is 2.76. The van der Waals surface area contributed by atoms with E-state index in [4.69, 9.17) is 9.78 Å². The van der Waals surface area contributed by atoms with Crippen molar-refractivity contribution >= 4 is 38.7 Å². The van der Waals surface area contributed by atoms with E-state index in [-0.39, 0.29) is 42.8 Å². The lowest BCUT2D eigenvalue weighted by Gasteiger charge is -2.20. The lowest BCUT2D eigenvalue weighted by Crippen LogP contribution is -2.35. The largest absolute Gasteiger partial charge is 0.355 e. The van der Waals surface area contributed by atoms with Gasteiger partial charge in [0.15, 0.2) is 0 Å². The van der Waals surface area contributed by atoms with E-state index in [1.807, 2.05) is 0 Å². The summed E-state index contributed by atoms with van der Waals surface area (Å²) in [6.07, 6.45) is 1.32. The van der Waals surface area contributed by atoms with Crippen molar-refractivity contribution in [2.75, 3.05) is 32.1 Å². The van der Waals surface area contributed by atoms with Crippen molar-refractivity contribution in [1.29, 1.82) is 0 Å². The number of nitrogens with zero attached hydrogens (tertiary/aromatic N) is 1. The Hall–Kier alpha value is -0.690. The van der Waals surface area contributed by atoms with E-state index in [0.29, 0.717) is 25.0 Å². The summed E-state index contributed by atoms with van der Waals surface area (Å²) in [5.74, 6) is 0.247. The van der Waals surface area contributed by atoms with Gasteiger partial charge in [0.1, 0.15) is 0 Å². The average molecular weight is 348 g/mol. The molecule has 0 aliphatic carbocycles. The molecule has 3 unspecified atom stereocenters. The van der Waals surface area contributed by atoms with Crippen molar-refractivity contribution in [2.24, 2.45) is 0 Å². The number of carbonyl (C=O) groups excluding carboxylic acids is 3. The first-order valence-electron chi connectivity index (χ1n) is 7.30. The summed E-state index contributed by atoms with van der Waals surface area (Å²) >= 11 is 1.74. The van der Waals surface area contributed by atoms with Crippen molar-refractivity contribution in [1.82, 2.24) is 10.2 Å². The molecule has 0 spiro atoms. The number of carbonyl (C=O) groups is 3. The number of hydrogen-bond donors (Lipinski definition) is 1. The maximum atomic E-state index is 11.7. The summed E-state index contributed by atoms with van der Waals surface area (Å²) < 4.78 is 0. The molecular weight excluding hydrogens is 327 g/mol. The molecule has 22 heavy (non-hydrogen) atoms. The van der Waals surface area contributed by atoms with Gasteiger partial charge < -0.3 is 5.32 Å². The van der Waals surface area contributed by atoms with Crippen LogP contribution in [0.3, 0.4) is 0 Å². The Bertz CT molecular complexity index is 431. The van der Waals surface area contributed by atoms with Gasteiger partial charge in [-0.15, -0.1) is 9.24 Å². The Morgan fingerprint density at radius 1 is 1.41 bits per heavy atom. The molecule has 2 aliphatic rings. The molecule has 3 amide bonds. The third kappa shape index (κ3) is 5.19. The second kappa shape index (κ2) is 8.82. The molecule has 1 N–H and O–H groups in total. The zero-order valence-electron chi connectivity index (χ0n) is 12.3. The molecule has 2 rings (SSSR count). The van der Waals surface area contributed by atoms with Gasteiger partial charge >= 0.3 is 0 Å². The van der Waals surface area contributed by atoms with Crippen molar-refractivity contribution in [3.8, 4) is 0 Å². The van der Waals surface area contributed by atoms with Crippen LogP contribution in [-0.4, -0.2) is 65.6 Å². The van der Waals surface area contributed by atoms with Gasteiger partial charge in [-0.2, -0.15) is 11.8 Å². The van der Waals surface area contributed by atoms with Gasteiger partial charge in [0.25, 0.3) is 0 Å². The number of hydrogen-bond acceptors (Lipinski definition) is 6. The van der Waals surface area contributed by atoms with Gasteiger partial charge in [-0.05, 0) is 6.42 Å². The zero-order chi connectivity index (χ0) is 15.9. The number of thioether (sulfide) groups is 1. The van der Waals surface area contributed by atoms with Gasteiger partial charge in [-0.25, -0.2) is 9.78 Å². The van der Waals surface area contributed by atoms with Crippen LogP contribution in [0.4, 0.5) is 0 Å². The third-order valence-corrected chi connectivity index (χ3v) is 5.28. The molecule has 0 aromatic rings. The molecule has 7 nitrogen and oxygen atoms in total. The van der Waals surface area contributed by atoms with Crippen LogP contribution in [0, 0.1) is 0 Å². The van der Waals surface area contributed by atoms with Crippen LogP contribution >= 0.6 is 21.0 Å². The molecule has 2 aliphatic heterocycles. The second-order valence-corrected chi connectivity index (χ2v) is 7.40. The summed E-state index contributed by atoms with van der Waals surface area (Å²) in [5, 5.41) is 3.21. The van der Waals surface area contributed by atoms with Gasteiger partial charge in [0, 0.05) is 36.9 Å². The van der Waals surface area contributed by atoms with Crippen molar-refractivity contribution in [3.05, 3.63) is 0 Å². The number of imide groups is 1. The molecule has 3 atom stereocenters. The monoisotopic (exact) mass is 348 g/mol. The summed E-state index contributed by atoms with van der Waals surface area (Å²) in [7, 11) is 2.36. The minimum Gasteiger partial charge on any atom is -0.355 e. The highest BCUT2D eigenvalue weighted by molar-refractivity contribution is 7.99. The van der Waals surface area contributed by atoms with Gasteiger partial charge in [0.05, 0.1) is 18.9 Å². The van der Waals surface area contributed by atoms with E-state index in [1.54, 1.807) is 11.8 Å². The Morgan fingerprint density at radius 2 is 2.23 bits per heavy atom. The molecule has 2 heterocycles. The van der Waals surface area contributed by atoms with Crippen LogP contribution in [-0.2, 0) is 24.2 Å². The summed E-state index contributed by atoms with van der Waals surface area (Å²) in [4.78, 5) is 45.9. The fourth-order valence-corrected chi connectivity index (χ4v) is 3.59. The van der Waals surface area contributed by atoms with Gasteiger partial charge in [-0.1, -0.05) is 0 Å². The molecular formula is C13H21N2O5PS. The Morgan fingerprint density at radius 3 is 2.86 bits per heavy atom. The van der Waals surface area contributed by atoms with Crippen LogP contribution in [0.1, 0.15) is 19.3 Å². The first kappa shape index (κ1) is 17.7. The van der Waals surface area contributed by atoms with Crippen LogP contribution < -0.4 is 5.32 Å². The summed E-state index contributed by atoms with van der Waals surface area (Å²) in [6, 6.07) is 0. The molecule has 2 saturated heterocycles.